The van der Waals surface area contributed by atoms with E-state index >= 15 is 0 Å². The third kappa shape index (κ3) is 3.34. The number of rotatable bonds is 5. The molecule has 1 aromatic carbocycles. The molecule has 22 heavy (non-hydrogen) atoms. The lowest BCUT2D eigenvalue weighted by atomic mass is 10.0. The van der Waals surface area contributed by atoms with Crippen LogP contribution in [0.4, 0.5) is 17.1 Å². The van der Waals surface area contributed by atoms with Crippen molar-refractivity contribution < 1.29 is 19.4 Å². The Hall–Kier alpha value is -3.04. The number of nitrogens with one attached hydrogen (secondary N) is 1. The third-order valence-electron chi connectivity index (χ3n) is 3.19. The number of carbonyl (C=O) groups is 1. The number of non-ortho nitro benzene ring substituents is 1. The number of anilines is 1. The number of hydrogen-bond donors (Lipinski definition) is 1. The van der Waals surface area contributed by atoms with Crippen molar-refractivity contribution in [1.29, 1.82) is 0 Å². The van der Waals surface area contributed by atoms with Gasteiger partial charge in [0.05, 0.1) is 28.9 Å². The number of nitro benzene ring substituents is 2. The zero-order chi connectivity index (χ0) is 16.3. The minimum Gasteiger partial charge on any atom is -0.465 e. The van der Waals surface area contributed by atoms with E-state index in [2.05, 4.69) is 10.5 Å². The van der Waals surface area contributed by atoms with Gasteiger partial charge in [0, 0.05) is 17.7 Å². The van der Waals surface area contributed by atoms with Gasteiger partial charge in [-0.05, 0) is 13.0 Å². The van der Waals surface area contributed by atoms with Crippen LogP contribution in [0.15, 0.2) is 23.3 Å². The van der Waals surface area contributed by atoms with Crippen LogP contribution in [-0.2, 0) is 9.53 Å². The molecule has 0 saturated carbocycles. The first-order valence-corrected chi connectivity index (χ1v) is 6.27. The Morgan fingerprint density at radius 2 is 2.09 bits per heavy atom. The quantitative estimate of drug-likeness (QED) is 0.379. The van der Waals surface area contributed by atoms with Gasteiger partial charge in [0.25, 0.3) is 5.69 Å². The molecule has 116 valence electrons. The van der Waals surface area contributed by atoms with Crippen LogP contribution in [0.5, 0.6) is 0 Å². The van der Waals surface area contributed by atoms with Gasteiger partial charge in [-0.3, -0.25) is 30.4 Å². The summed E-state index contributed by atoms with van der Waals surface area (Å²) in [5.74, 6) is -0.502. The summed E-state index contributed by atoms with van der Waals surface area (Å²) >= 11 is 0. The second kappa shape index (κ2) is 6.16. The minimum atomic E-state index is -0.734. The van der Waals surface area contributed by atoms with E-state index in [1.807, 2.05) is 0 Å². The Balaban J connectivity index is 2.20. The smallest absolute Gasteiger partial charge is 0.306 e. The Labute approximate surface area is 124 Å². The van der Waals surface area contributed by atoms with Crippen LogP contribution in [0, 0.1) is 26.1 Å². The molecule has 1 unspecified atom stereocenters. The second-order valence-electron chi connectivity index (χ2n) is 4.66. The highest BCUT2D eigenvalue weighted by atomic mass is 16.6. The van der Waals surface area contributed by atoms with Crippen LogP contribution in [0.3, 0.4) is 0 Å². The molecule has 1 saturated heterocycles. The third-order valence-corrected chi connectivity index (χ3v) is 3.19. The van der Waals surface area contributed by atoms with Gasteiger partial charge in [-0.1, -0.05) is 0 Å². The van der Waals surface area contributed by atoms with Crippen LogP contribution < -0.4 is 5.43 Å². The Morgan fingerprint density at radius 1 is 1.36 bits per heavy atom. The van der Waals surface area contributed by atoms with Gasteiger partial charge in [-0.25, -0.2) is 0 Å². The van der Waals surface area contributed by atoms with E-state index in [9.17, 15) is 25.0 Å². The number of carbonyl (C=O) groups excluding carboxylic acids is 1. The van der Waals surface area contributed by atoms with Crippen LogP contribution in [0.2, 0.25) is 0 Å². The topological polar surface area (TPSA) is 137 Å². The first-order chi connectivity index (χ1) is 10.4. The molecular formula is C12H12N4O6. The summed E-state index contributed by atoms with van der Waals surface area (Å²) < 4.78 is 4.81. The number of ether oxygens (including phenoxy) is 1. The zero-order valence-electron chi connectivity index (χ0n) is 11.5. The average Bonchev–Trinajstić information content (AvgIpc) is 2.91. The molecule has 0 aliphatic carbocycles. The van der Waals surface area contributed by atoms with Crippen LogP contribution in [0.25, 0.3) is 0 Å². The molecular weight excluding hydrogens is 296 g/mol. The van der Waals surface area contributed by atoms with E-state index in [1.54, 1.807) is 6.92 Å². The summed E-state index contributed by atoms with van der Waals surface area (Å²) in [6, 6.07) is 3.21. The van der Waals surface area contributed by atoms with Crippen molar-refractivity contribution in [3.8, 4) is 0 Å². The molecule has 1 aromatic rings. The van der Waals surface area contributed by atoms with Crippen molar-refractivity contribution in [2.24, 2.45) is 11.0 Å². The van der Waals surface area contributed by atoms with E-state index in [0.717, 1.165) is 12.1 Å². The molecule has 1 aliphatic rings. The van der Waals surface area contributed by atoms with Crippen molar-refractivity contribution in [3.05, 3.63) is 38.4 Å². The predicted molar refractivity (Wildman–Crippen MR) is 75.5 cm³/mol. The van der Waals surface area contributed by atoms with Crippen molar-refractivity contribution in [3.63, 3.8) is 0 Å². The van der Waals surface area contributed by atoms with Crippen LogP contribution in [-0.4, -0.2) is 28.1 Å². The second-order valence-corrected chi connectivity index (χ2v) is 4.66. The first kappa shape index (κ1) is 15.4. The Bertz CT molecular complexity index is 672. The van der Waals surface area contributed by atoms with Crippen molar-refractivity contribution in [2.45, 2.75) is 13.3 Å². The number of esters is 1. The van der Waals surface area contributed by atoms with E-state index in [4.69, 9.17) is 4.74 Å². The fourth-order valence-corrected chi connectivity index (χ4v) is 1.90. The number of cyclic esters (lactones) is 1. The molecule has 0 spiro atoms. The first-order valence-electron chi connectivity index (χ1n) is 6.27. The van der Waals surface area contributed by atoms with E-state index in [1.165, 1.54) is 6.07 Å². The summed E-state index contributed by atoms with van der Waals surface area (Å²) in [6.07, 6.45) is 0.208. The fourth-order valence-electron chi connectivity index (χ4n) is 1.90. The van der Waals surface area contributed by atoms with Gasteiger partial charge in [-0.2, -0.15) is 5.10 Å². The van der Waals surface area contributed by atoms with Gasteiger partial charge >= 0.3 is 11.7 Å². The highest BCUT2D eigenvalue weighted by molar-refractivity contribution is 5.90. The summed E-state index contributed by atoms with van der Waals surface area (Å²) in [4.78, 5) is 31.2. The molecule has 0 amide bonds. The molecule has 0 radical (unpaired) electrons. The zero-order valence-corrected chi connectivity index (χ0v) is 11.5. The summed E-state index contributed by atoms with van der Waals surface area (Å²) in [7, 11) is 0. The van der Waals surface area contributed by atoms with E-state index < -0.39 is 15.5 Å². The molecule has 1 fully saturated rings. The predicted octanol–water partition coefficient (Wildman–Crippen LogP) is 1.85. The number of benzene rings is 1. The molecule has 10 nitrogen and oxygen atoms in total. The maximum atomic E-state index is 11.0. The number of nitrogens with zero attached hydrogens (tertiary/aromatic N) is 3. The van der Waals surface area contributed by atoms with E-state index in [0.29, 0.717) is 5.71 Å². The summed E-state index contributed by atoms with van der Waals surface area (Å²) in [5, 5.41) is 25.6. The maximum Gasteiger partial charge on any atom is 0.306 e. The van der Waals surface area contributed by atoms with Gasteiger partial charge in [0.1, 0.15) is 5.69 Å². The molecule has 1 heterocycles. The lowest BCUT2D eigenvalue weighted by molar-refractivity contribution is -0.393. The molecule has 1 aliphatic heterocycles. The SMILES string of the molecule is CC(=NNc1ccc([N+](=O)[O-])cc1[N+](=O)[O-])C1COC(=O)C1. The largest absolute Gasteiger partial charge is 0.465 e. The van der Waals surface area contributed by atoms with E-state index in [-0.39, 0.29) is 36.3 Å². The Morgan fingerprint density at radius 3 is 2.64 bits per heavy atom. The van der Waals surface area contributed by atoms with Gasteiger partial charge < -0.3 is 4.74 Å². The van der Waals surface area contributed by atoms with Crippen molar-refractivity contribution >= 4 is 28.7 Å². The molecule has 0 aromatic heterocycles. The van der Waals surface area contributed by atoms with Gasteiger partial charge in [-0.15, -0.1) is 0 Å². The van der Waals surface area contributed by atoms with Crippen molar-refractivity contribution in [2.75, 3.05) is 12.0 Å². The Kier molecular flexibility index (Phi) is 4.30. The maximum absolute atomic E-state index is 11.0. The van der Waals surface area contributed by atoms with Crippen molar-refractivity contribution in [1.82, 2.24) is 0 Å². The highest BCUT2D eigenvalue weighted by Crippen LogP contribution is 2.29. The molecule has 1 atom stereocenters. The number of hydrogen-bond acceptors (Lipinski definition) is 8. The van der Waals surface area contributed by atoms with Gasteiger partial charge in [0.2, 0.25) is 0 Å². The highest BCUT2D eigenvalue weighted by Gasteiger charge is 2.26. The fraction of sp³-hybridized carbons (Fsp3) is 0.333. The summed E-state index contributed by atoms with van der Waals surface area (Å²) in [6.45, 7) is 1.88. The molecule has 0 bridgehead atoms. The lowest BCUT2D eigenvalue weighted by Gasteiger charge is -2.07. The molecule has 10 heteroatoms. The number of nitro groups is 2. The van der Waals surface area contributed by atoms with Crippen LogP contribution >= 0.6 is 0 Å². The lowest BCUT2D eigenvalue weighted by Crippen LogP contribution is -2.13. The monoisotopic (exact) mass is 308 g/mol. The minimum absolute atomic E-state index is 0.0280. The number of hydrazone groups is 1. The standard InChI is InChI=1S/C12H12N4O6/c1-7(8-4-12(17)22-6-8)13-14-10-3-2-9(15(18)19)5-11(10)16(20)21/h2-3,5,8,14H,4,6H2,1H3. The average molecular weight is 308 g/mol. The van der Waals surface area contributed by atoms with Crippen LogP contribution in [0.1, 0.15) is 13.3 Å². The normalized spacial score (nSPS) is 18.0. The molecule has 2 rings (SSSR count). The van der Waals surface area contributed by atoms with Gasteiger partial charge in [0.15, 0.2) is 0 Å². The molecule has 1 N–H and O–H groups in total. The summed E-state index contributed by atoms with van der Waals surface area (Å²) in [5.41, 5.74) is 2.26.